The Morgan fingerprint density at radius 3 is 2.85 bits per heavy atom. The summed E-state index contributed by atoms with van der Waals surface area (Å²) in [7, 11) is 0. The van der Waals surface area contributed by atoms with Gasteiger partial charge in [-0.1, -0.05) is 6.07 Å². The van der Waals surface area contributed by atoms with E-state index in [1.54, 1.807) is 11.8 Å². The highest BCUT2D eigenvalue weighted by atomic mass is 16.5. The second-order valence-electron chi connectivity index (χ2n) is 6.97. The minimum Gasteiger partial charge on any atom is -0.461 e. The van der Waals surface area contributed by atoms with Gasteiger partial charge in [-0.15, -0.1) is 0 Å². The normalized spacial score (nSPS) is 20.0. The number of ether oxygens (including phenoxy) is 1. The van der Waals surface area contributed by atoms with Crippen molar-refractivity contribution in [1.82, 2.24) is 14.3 Å². The monoisotopic (exact) mass is 354 g/mol. The highest BCUT2D eigenvalue weighted by molar-refractivity contribution is 6.36. The van der Waals surface area contributed by atoms with Crippen LogP contribution in [-0.2, 0) is 14.3 Å². The number of nitrogens with zero attached hydrogens (tertiary/aromatic N) is 3. The van der Waals surface area contributed by atoms with Gasteiger partial charge in [-0.3, -0.25) is 10.2 Å². The number of carbonyl (C=O) groups excluding carboxylic acids is 2. The van der Waals surface area contributed by atoms with Crippen LogP contribution in [-0.4, -0.2) is 51.6 Å². The van der Waals surface area contributed by atoms with Crippen LogP contribution in [0.25, 0.3) is 5.65 Å². The van der Waals surface area contributed by atoms with Crippen LogP contribution in [0.5, 0.6) is 0 Å². The Hall–Kier alpha value is -2.70. The molecule has 1 amide bonds. The topological polar surface area (TPSA) is 87.8 Å². The van der Waals surface area contributed by atoms with Gasteiger partial charge >= 0.3 is 5.97 Å². The first-order chi connectivity index (χ1) is 12.6. The number of likely N-dealkylation sites (tertiary alicyclic amines) is 1. The van der Waals surface area contributed by atoms with Gasteiger partial charge in [-0.2, -0.15) is 0 Å². The molecule has 136 valence electrons. The molecule has 0 spiro atoms. The van der Waals surface area contributed by atoms with Crippen LogP contribution in [0.3, 0.4) is 0 Å². The van der Waals surface area contributed by atoms with E-state index in [4.69, 9.17) is 10.1 Å². The first kappa shape index (κ1) is 16.8. The first-order valence-corrected chi connectivity index (χ1v) is 9.08. The number of fused-ring (bicyclic) bond motifs is 1. The van der Waals surface area contributed by atoms with Crippen molar-refractivity contribution >= 4 is 23.2 Å². The maximum Gasteiger partial charge on any atom is 0.353 e. The molecule has 3 heterocycles. The Kier molecular flexibility index (Phi) is 4.22. The van der Waals surface area contributed by atoms with Crippen molar-refractivity contribution in [2.24, 2.45) is 0 Å². The van der Waals surface area contributed by atoms with E-state index in [9.17, 15) is 9.59 Å². The summed E-state index contributed by atoms with van der Waals surface area (Å²) in [5.74, 6) is -0.383. The standard InChI is InChI=1S/C19H22N4O3/c1-2-26-19(25)15(20)10-22-8-7-14(18(22)24)16-11-23-9-13(12-3-4-12)5-6-17(23)21-16/h5-6,9,11-12,14,20H,2-4,7-8,10H2,1H3. The zero-order valence-electron chi connectivity index (χ0n) is 14.8. The van der Waals surface area contributed by atoms with Gasteiger partial charge in [-0.25, -0.2) is 9.78 Å². The maximum absolute atomic E-state index is 12.7. The molecule has 2 aromatic rings. The smallest absolute Gasteiger partial charge is 0.353 e. The third-order valence-electron chi connectivity index (χ3n) is 5.07. The van der Waals surface area contributed by atoms with Crippen LogP contribution in [0.4, 0.5) is 0 Å². The summed E-state index contributed by atoms with van der Waals surface area (Å²) in [6.07, 6.45) is 7.18. The summed E-state index contributed by atoms with van der Waals surface area (Å²) in [6, 6.07) is 4.12. The van der Waals surface area contributed by atoms with Crippen molar-refractivity contribution in [3.8, 4) is 0 Å². The molecule has 0 aromatic carbocycles. The molecule has 7 heteroatoms. The van der Waals surface area contributed by atoms with Gasteiger partial charge in [0.1, 0.15) is 11.4 Å². The lowest BCUT2D eigenvalue weighted by Crippen LogP contribution is -2.35. The first-order valence-electron chi connectivity index (χ1n) is 9.08. The fraction of sp³-hybridized carbons (Fsp3) is 0.474. The quantitative estimate of drug-likeness (QED) is 0.636. The van der Waals surface area contributed by atoms with Gasteiger partial charge in [0.05, 0.1) is 24.8 Å². The second-order valence-corrected chi connectivity index (χ2v) is 6.97. The molecule has 0 radical (unpaired) electrons. The van der Waals surface area contributed by atoms with E-state index in [2.05, 4.69) is 17.2 Å². The minimum atomic E-state index is -0.663. The average Bonchev–Trinajstić information content (AvgIpc) is 3.30. The van der Waals surface area contributed by atoms with E-state index in [0.29, 0.717) is 18.9 Å². The number of hydrogen-bond acceptors (Lipinski definition) is 5. The molecule has 1 N–H and O–H groups in total. The molecule has 1 unspecified atom stereocenters. The van der Waals surface area contributed by atoms with E-state index in [1.807, 2.05) is 16.7 Å². The van der Waals surface area contributed by atoms with Gasteiger partial charge in [0.2, 0.25) is 5.91 Å². The molecule has 2 aliphatic rings. The van der Waals surface area contributed by atoms with Crippen LogP contribution < -0.4 is 0 Å². The Morgan fingerprint density at radius 2 is 2.12 bits per heavy atom. The van der Waals surface area contributed by atoms with E-state index < -0.39 is 5.97 Å². The summed E-state index contributed by atoms with van der Waals surface area (Å²) in [5.41, 5.74) is 2.73. The molecular formula is C19H22N4O3. The Bertz CT molecular complexity index is 884. The molecule has 1 atom stereocenters. The summed E-state index contributed by atoms with van der Waals surface area (Å²) in [5, 5.41) is 7.79. The lowest BCUT2D eigenvalue weighted by atomic mass is 10.1. The van der Waals surface area contributed by atoms with Crippen molar-refractivity contribution in [2.45, 2.75) is 38.0 Å². The number of esters is 1. The van der Waals surface area contributed by atoms with Crippen molar-refractivity contribution in [1.29, 1.82) is 5.41 Å². The van der Waals surface area contributed by atoms with E-state index in [0.717, 1.165) is 11.3 Å². The summed E-state index contributed by atoms with van der Waals surface area (Å²) < 4.78 is 6.82. The SMILES string of the molecule is CCOC(=O)C(=N)CN1CCC(c2cn3cc(C4CC4)ccc3n2)C1=O. The largest absolute Gasteiger partial charge is 0.461 e. The van der Waals surface area contributed by atoms with Gasteiger partial charge < -0.3 is 14.0 Å². The fourth-order valence-corrected chi connectivity index (χ4v) is 3.50. The number of amides is 1. The van der Waals surface area contributed by atoms with Gasteiger partial charge in [0, 0.05) is 18.9 Å². The Balaban J connectivity index is 1.48. The fourth-order valence-electron chi connectivity index (χ4n) is 3.50. The lowest BCUT2D eigenvalue weighted by molar-refractivity contribution is -0.135. The van der Waals surface area contributed by atoms with Crippen molar-refractivity contribution in [3.05, 3.63) is 35.8 Å². The zero-order valence-corrected chi connectivity index (χ0v) is 14.8. The number of imidazole rings is 1. The Labute approximate surface area is 151 Å². The van der Waals surface area contributed by atoms with Crippen LogP contribution in [0.1, 0.15) is 49.3 Å². The highest BCUT2D eigenvalue weighted by Crippen LogP contribution is 2.40. The third-order valence-corrected chi connectivity index (χ3v) is 5.07. The van der Waals surface area contributed by atoms with Gasteiger partial charge in [0.15, 0.2) is 0 Å². The lowest BCUT2D eigenvalue weighted by Gasteiger charge is -2.16. The number of hydrogen-bond donors (Lipinski definition) is 1. The number of nitrogens with one attached hydrogen (secondary N) is 1. The number of carbonyl (C=O) groups is 2. The molecule has 26 heavy (non-hydrogen) atoms. The molecule has 1 aliphatic carbocycles. The number of aromatic nitrogens is 2. The molecule has 7 nitrogen and oxygen atoms in total. The van der Waals surface area contributed by atoms with Crippen molar-refractivity contribution in [3.63, 3.8) is 0 Å². The second kappa shape index (κ2) is 6.55. The molecule has 2 aromatic heterocycles. The molecule has 1 aliphatic heterocycles. The molecule has 2 fully saturated rings. The van der Waals surface area contributed by atoms with E-state index in [-0.39, 0.29) is 30.7 Å². The minimum absolute atomic E-state index is 0.00658. The number of rotatable bonds is 6. The summed E-state index contributed by atoms with van der Waals surface area (Å²) in [6.45, 7) is 2.43. The molecule has 1 saturated carbocycles. The third kappa shape index (κ3) is 3.09. The summed E-state index contributed by atoms with van der Waals surface area (Å²) in [4.78, 5) is 30.5. The molecular weight excluding hydrogens is 332 g/mol. The van der Waals surface area contributed by atoms with E-state index >= 15 is 0 Å². The molecule has 0 bridgehead atoms. The van der Waals surface area contributed by atoms with Crippen LogP contribution in [0, 0.1) is 5.41 Å². The van der Waals surface area contributed by atoms with E-state index in [1.165, 1.54) is 18.4 Å². The molecule has 1 saturated heterocycles. The van der Waals surface area contributed by atoms with Gasteiger partial charge in [0.25, 0.3) is 0 Å². The predicted molar refractivity (Wildman–Crippen MR) is 95.5 cm³/mol. The number of pyridine rings is 1. The van der Waals surface area contributed by atoms with Gasteiger partial charge in [-0.05, 0) is 43.7 Å². The van der Waals surface area contributed by atoms with Crippen LogP contribution in [0.2, 0.25) is 0 Å². The van der Waals surface area contributed by atoms with Crippen molar-refractivity contribution in [2.75, 3.05) is 19.7 Å². The maximum atomic E-state index is 12.7. The molecule has 4 rings (SSSR count). The van der Waals surface area contributed by atoms with Crippen LogP contribution in [0.15, 0.2) is 24.5 Å². The predicted octanol–water partition coefficient (Wildman–Crippen LogP) is 2.11. The highest BCUT2D eigenvalue weighted by Gasteiger charge is 2.35. The summed E-state index contributed by atoms with van der Waals surface area (Å²) >= 11 is 0. The van der Waals surface area contributed by atoms with Crippen molar-refractivity contribution < 1.29 is 14.3 Å². The average molecular weight is 354 g/mol. The Morgan fingerprint density at radius 1 is 1.31 bits per heavy atom. The zero-order chi connectivity index (χ0) is 18.3. The van der Waals surface area contributed by atoms with Crippen LogP contribution >= 0.6 is 0 Å².